The Bertz CT molecular complexity index is 431. The molecule has 2 N–H and O–H groups in total. The van der Waals surface area contributed by atoms with Crippen LogP contribution in [0.5, 0.6) is 5.75 Å². The normalized spacial score (nSPS) is 18.0. The molecule has 19 heavy (non-hydrogen) atoms. The van der Waals surface area contributed by atoms with Gasteiger partial charge in [0, 0.05) is 19.1 Å². The molecule has 106 valence electrons. The molecule has 1 heterocycles. The van der Waals surface area contributed by atoms with E-state index in [1.165, 1.54) is 0 Å². The summed E-state index contributed by atoms with van der Waals surface area (Å²) < 4.78 is 6.47. The van der Waals surface area contributed by atoms with Crippen LogP contribution in [0.1, 0.15) is 12.8 Å². The van der Waals surface area contributed by atoms with Crippen LogP contribution in [0.25, 0.3) is 0 Å². The zero-order valence-corrected chi connectivity index (χ0v) is 13.0. The summed E-state index contributed by atoms with van der Waals surface area (Å²) in [5, 5.41) is 0. The van der Waals surface area contributed by atoms with Gasteiger partial charge in [-0.05, 0) is 34.5 Å². The molecule has 1 aliphatic heterocycles. The first-order valence-electron chi connectivity index (χ1n) is 6.07. The highest BCUT2D eigenvalue weighted by molar-refractivity contribution is 9.10. The summed E-state index contributed by atoms with van der Waals surface area (Å²) in [5.74, 6) is 0.887. The van der Waals surface area contributed by atoms with Crippen LogP contribution in [0.4, 0.5) is 0 Å². The van der Waals surface area contributed by atoms with E-state index in [9.17, 15) is 4.79 Å². The molecule has 0 saturated carbocycles. The first kappa shape index (κ1) is 16.3. The lowest BCUT2D eigenvalue weighted by Crippen LogP contribution is -2.32. The Labute approximate surface area is 127 Å². The van der Waals surface area contributed by atoms with Crippen LogP contribution in [0, 0.1) is 0 Å². The molecule has 0 bridgehead atoms. The molecule has 1 aromatic rings. The summed E-state index contributed by atoms with van der Waals surface area (Å²) in [6.07, 6.45) is 1.30. The Kier molecular flexibility index (Phi) is 6.62. The van der Waals surface area contributed by atoms with E-state index in [0.717, 1.165) is 23.2 Å². The van der Waals surface area contributed by atoms with Gasteiger partial charge in [0.25, 0.3) is 0 Å². The second kappa shape index (κ2) is 7.72. The third-order valence-electron chi connectivity index (χ3n) is 2.99. The molecule has 1 atom stereocenters. The lowest BCUT2D eigenvalue weighted by Gasteiger charge is -2.16. The zero-order valence-electron chi connectivity index (χ0n) is 10.5. The van der Waals surface area contributed by atoms with Gasteiger partial charge < -0.3 is 15.4 Å². The van der Waals surface area contributed by atoms with E-state index < -0.39 is 0 Å². The highest BCUT2D eigenvalue weighted by atomic mass is 79.9. The molecule has 0 aliphatic carbocycles. The number of likely N-dealkylation sites (tertiary alicyclic amines) is 1. The zero-order chi connectivity index (χ0) is 13.0. The van der Waals surface area contributed by atoms with Gasteiger partial charge in [0.2, 0.25) is 5.91 Å². The predicted octanol–water partition coefficient (Wildman–Crippen LogP) is 2.20. The van der Waals surface area contributed by atoms with Crippen LogP contribution < -0.4 is 10.5 Å². The van der Waals surface area contributed by atoms with E-state index >= 15 is 0 Å². The van der Waals surface area contributed by atoms with Crippen molar-refractivity contribution in [3.63, 3.8) is 0 Å². The van der Waals surface area contributed by atoms with E-state index in [4.69, 9.17) is 10.5 Å². The van der Waals surface area contributed by atoms with Crippen LogP contribution in [0.3, 0.4) is 0 Å². The van der Waals surface area contributed by atoms with Crippen LogP contribution in [0.15, 0.2) is 28.7 Å². The standard InChI is InChI=1S/C13H17BrN2O2.ClH/c14-11-3-1-2-4-12(11)18-8-6-13(17)16-7-5-10(15)9-16;/h1-4,10H,5-9,15H2;1H/t10-;/m1./s1. The van der Waals surface area contributed by atoms with Gasteiger partial charge in [0.15, 0.2) is 0 Å². The van der Waals surface area contributed by atoms with Gasteiger partial charge in [-0.25, -0.2) is 0 Å². The number of halogens is 2. The molecule has 0 unspecified atom stereocenters. The Morgan fingerprint density at radius 3 is 2.84 bits per heavy atom. The average molecular weight is 350 g/mol. The molecule has 1 aliphatic rings. The van der Waals surface area contributed by atoms with Crippen molar-refractivity contribution < 1.29 is 9.53 Å². The molecule has 0 aromatic heterocycles. The Morgan fingerprint density at radius 1 is 1.47 bits per heavy atom. The molecule has 1 aromatic carbocycles. The molecule has 0 spiro atoms. The number of benzene rings is 1. The summed E-state index contributed by atoms with van der Waals surface area (Å²) in [7, 11) is 0. The summed E-state index contributed by atoms with van der Waals surface area (Å²) in [6, 6.07) is 7.75. The van der Waals surface area contributed by atoms with Gasteiger partial charge in [0.05, 0.1) is 17.5 Å². The van der Waals surface area contributed by atoms with Crippen LogP contribution in [-0.2, 0) is 4.79 Å². The Hall–Kier alpha value is -0.780. The maximum absolute atomic E-state index is 11.8. The maximum Gasteiger partial charge on any atom is 0.226 e. The number of nitrogens with zero attached hydrogens (tertiary/aromatic N) is 1. The van der Waals surface area contributed by atoms with Gasteiger partial charge in [-0.2, -0.15) is 0 Å². The second-order valence-corrected chi connectivity index (χ2v) is 5.27. The highest BCUT2D eigenvalue weighted by Gasteiger charge is 2.23. The largest absolute Gasteiger partial charge is 0.492 e. The number of rotatable bonds is 4. The Morgan fingerprint density at radius 2 is 2.21 bits per heavy atom. The third-order valence-corrected chi connectivity index (χ3v) is 3.64. The summed E-state index contributed by atoms with van der Waals surface area (Å²) >= 11 is 3.40. The molecular formula is C13H18BrClN2O2. The number of para-hydroxylation sites is 1. The number of nitrogens with two attached hydrogens (primary N) is 1. The summed E-state index contributed by atoms with van der Waals surface area (Å²) in [5.41, 5.74) is 5.77. The van der Waals surface area contributed by atoms with Gasteiger partial charge in [-0.15, -0.1) is 12.4 Å². The van der Waals surface area contributed by atoms with Gasteiger partial charge in [-0.3, -0.25) is 4.79 Å². The second-order valence-electron chi connectivity index (χ2n) is 4.42. The first-order chi connectivity index (χ1) is 8.66. The van der Waals surface area contributed by atoms with Gasteiger partial charge in [-0.1, -0.05) is 12.1 Å². The van der Waals surface area contributed by atoms with E-state index in [1.807, 2.05) is 29.2 Å². The van der Waals surface area contributed by atoms with Crippen molar-refractivity contribution in [3.8, 4) is 5.75 Å². The monoisotopic (exact) mass is 348 g/mol. The minimum Gasteiger partial charge on any atom is -0.492 e. The molecule has 4 nitrogen and oxygen atoms in total. The van der Waals surface area contributed by atoms with Crippen molar-refractivity contribution in [1.29, 1.82) is 0 Å². The van der Waals surface area contributed by atoms with Crippen molar-refractivity contribution in [2.24, 2.45) is 5.73 Å². The molecule has 2 rings (SSSR count). The number of carbonyl (C=O) groups excluding carboxylic acids is 1. The predicted molar refractivity (Wildman–Crippen MR) is 80.7 cm³/mol. The first-order valence-corrected chi connectivity index (χ1v) is 6.87. The summed E-state index contributed by atoms with van der Waals surface area (Å²) in [4.78, 5) is 13.7. The van der Waals surface area contributed by atoms with Crippen molar-refractivity contribution in [2.75, 3.05) is 19.7 Å². The minimum atomic E-state index is 0. The van der Waals surface area contributed by atoms with E-state index in [0.29, 0.717) is 19.6 Å². The number of hydrogen-bond donors (Lipinski definition) is 1. The number of hydrogen-bond acceptors (Lipinski definition) is 3. The van der Waals surface area contributed by atoms with Gasteiger partial charge in [0.1, 0.15) is 5.75 Å². The molecule has 1 saturated heterocycles. The van der Waals surface area contributed by atoms with Crippen molar-refractivity contribution in [2.45, 2.75) is 18.9 Å². The van der Waals surface area contributed by atoms with E-state index in [1.54, 1.807) is 0 Å². The quantitative estimate of drug-likeness (QED) is 0.906. The number of ether oxygens (including phenoxy) is 1. The van der Waals surface area contributed by atoms with Crippen molar-refractivity contribution in [1.82, 2.24) is 4.90 Å². The highest BCUT2D eigenvalue weighted by Crippen LogP contribution is 2.23. The summed E-state index contributed by atoms with van der Waals surface area (Å²) in [6.45, 7) is 1.84. The lowest BCUT2D eigenvalue weighted by atomic mass is 10.3. The fraction of sp³-hybridized carbons (Fsp3) is 0.462. The topological polar surface area (TPSA) is 55.6 Å². The number of amides is 1. The molecule has 0 radical (unpaired) electrons. The van der Waals surface area contributed by atoms with Crippen LogP contribution in [-0.4, -0.2) is 36.5 Å². The molecule has 6 heteroatoms. The fourth-order valence-electron chi connectivity index (χ4n) is 1.98. The smallest absolute Gasteiger partial charge is 0.226 e. The SMILES string of the molecule is Cl.N[C@@H]1CCN(C(=O)CCOc2ccccc2Br)C1. The van der Waals surface area contributed by atoms with E-state index in [-0.39, 0.29) is 24.4 Å². The third kappa shape index (κ3) is 4.67. The van der Waals surface area contributed by atoms with Crippen molar-refractivity contribution >= 4 is 34.2 Å². The van der Waals surface area contributed by atoms with Gasteiger partial charge >= 0.3 is 0 Å². The Balaban J connectivity index is 0.00000180. The molecule has 1 amide bonds. The fourth-order valence-corrected chi connectivity index (χ4v) is 2.38. The average Bonchev–Trinajstić information content (AvgIpc) is 2.78. The van der Waals surface area contributed by atoms with Crippen molar-refractivity contribution in [3.05, 3.63) is 28.7 Å². The molecule has 1 fully saturated rings. The lowest BCUT2D eigenvalue weighted by molar-refractivity contribution is -0.130. The molecular weight excluding hydrogens is 332 g/mol. The number of carbonyl (C=O) groups is 1. The van der Waals surface area contributed by atoms with E-state index in [2.05, 4.69) is 15.9 Å². The minimum absolute atomic E-state index is 0. The van der Waals surface area contributed by atoms with Crippen LogP contribution in [0.2, 0.25) is 0 Å². The maximum atomic E-state index is 11.8. The van der Waals surface area contributed by atoms with Crippen LogP contribution >= 0.6 is 28.3 Å².